The van der Waals surface area contributed by atoms with E-state index in [-0.39, 0.29) is 30.0 Å². The van der Waals surface area contributed by atoms with Crippen LogP contribution in [-0.2, 0) is 0 Å². The first kappa shape index (κ1) is 22.9. The van der Waals surface area contributed by atoms with Crippen LogP contribution in [0.1, 0.15) is 26.7 Å². The summed E-state index contributed by atoms with van der Waals surface area (Å²) in [4.78, 5) is 18.9. The average molecular weight is 491 g/mol. The molecule has 1 aromatic carbocycles. The second kappa shape index (κ2) is 12.3. The molecule has 0 aliphatic carbocycles. The molecule has 0 aromatic heterocycles. The lowest BCUT2D eigenvalue weighted by atomic mass is 10.1. The van der Waals surface area contributed by atoms with Crippen LogP contribution in [0, 0.1) is 0 Å². The molecule has 1 saturated heterocycles. The highest BCUT2D eigenvalue weighted by Crippen LogP contribution is 2.22. The van der Waals surface area contributed by atoms with Gasteiger partial charge in [0.25, 0.3) is 0 Å². The van der Waals surface area contributed by atoms with Crippen LogP contribution in [-0.4, -0.2) is 54.4 Å². The molecule has 2 rings (SSSR count). The Hall–Kier alpha value is -1.16. The Morgan fingerprint density at radius 2 is 2.00 bits per heavy atom. The molecule has 0 bridgehead atoms. The fourth-order valence-corrected chi connectivity index (χ4v) is 3.67. The predicted octanol–water partition coefficient (Wildman–Crippen LogP) is 2.88. The average Bonchev–Trinajstić information content (AvgIpc) is 2.61. The molecule has 1 heterocycles. The third kappa shape index (κ3) is 8.03. The van der Waals surface area contributed by atoms with E-state index in [4.69, 9.17) is 10.7 Å². The topological polar surface area (TPSA) is 82.8 Å². The van der Waals surface area contributed by atoms with Gasteiger partial charge in [0.15, 0.2) is 5.96 Å². The summed E-state index contributed by atoms with van der Waals surface area (Å²) in [7, 11) is 0. The van der Waals surface area contributed by atoms with E-state index in [1.165, 1.54) is 4.90 Å². The molecular weight excluding hydrogens is 461 g/mol. The molecule has 4 N–H and O–H groups in total. The van der Waals surface area contributed by atoms with Crippen molar-refractivity contribution in [2.45, 2.75) is 42.9 Å². The van der Waals surface area contributed by atoms with Crippen LogP contribution in [0.4, 0.5) is 4.79 Å². The lowest BCUT2D eigenvalue weighted by molar-refractivity contribution is 0.188. The standard InChI is InChI=1S/C18H29N5OS.HI/c1-3-20-18(22-15-9-11-23(12-10-15)17(19)24)21-13-14(2)25-16-7-5-4-6-8-16;/h4-8,14-15H,3,9-13H2,1-2H3,(H2,19,24)(H2,20,21,22);1H. The smallest absolute Gasteiger partial charge is 0.314 e. The number of aliphatic imine (C=N–C) groups is 1. The first-order chi connectivity index (χ1) is 12.1. The number of halogens is 1. The summed E-state index contributed by atoms with van der Waals surface area (Å²) in [5, 5.41) is 7.19. The van der Waals surface area contributed by atoms with E-state index in [1.54, 1.807) is 4.90 Å². The molecule has 8 heteroatoms. The monoisotopic (exact) mass is 491 g/mol. The van der Waals surface area contributed by atoms with Crippen LogP contribution in [0.15, 0.2) is 40.2 Å². The molecule has 1 unspecified atom stereocenters. The highest BCUT2D eigenvalue weighted by molar-refractivity contribution is 14.0. The number of piperidine rings is 1. The number of hydrogen-bond acceptors (Lipinski definition) is 3. The third-order valence-electron chi connectivity index (χ3n) is 4.08. The number of amides is 2. The third-order valence-corrected chi connectivity index (χ3v) is 5.17. The quantitative estimate of drug-likeness (QED) is 0.248. The van der Waals surface area contributed by atoms with Crippen molar-refractivity contribution >= 4 is 47.7 Å². The Balaban J connectivity index is 0.00000338. The maximum atomic E-state index is 11.2. The van der Waals surface area contributed by atoms with Crippen molar-refractivity contribution in [2.24, 2.45) is 10.7 Å². The molecular formula is C18H30IN5OS. The number of benzene rings is 1. The first-order valence-corrected chi connectivity index (χ1v) is 9.77. The van der Waals surface area contributed by atoms with Gasteiger partial charge < -0.3 is 21.3 Å². The highest BCUT2D eigenvalue weighted by Gasteiger charge is 2.21. The number of nitrogens with two attached hydrogens (primary N) is 1. The van der Waals surface area contributed by atoms with Gasteiger partial charge >= 0.3 is 6.03 Å². The van der Waals surface area contributed by atoms with Crippen LogP contribution in [0.25, 0.3) is 0 Å². The molecule has 146 valence electrons. The zero-order valence-electron chi connectivity index (χ0n) is 15.5. The van der Waals surface area contributed by atoms with Crippen LogP contribution in [0.5, 0.6) is 0 Å². The molecule has 6 nitrogen and oxygen atoms in total. The number of urea groups is 1. The number of likely N-dealkylation sites (tertiary alicyclic amines) is 1. The van der Waals surface area contributed by atoms with E-state index in [2.05, 4.69) is 48.7 Å². The molecule has 1 fully saturated rings. The Kier molecular flexibility index (Phi) is 10.8. The number of nitrogens with one attached hydrogen (secondary N) is 2. The minimum atomic E-state index is -0.328. The Morgan fingerprint density at radius 1 is 1.35 bits per heavy atom. The Morgan fingerprint density at radius 3 is 2.58 bits per heavy atom. The first-order valence-electron chi connectivity index (χ1n) is 8.89. The van der Waals surface area contributed by atoms with Gasteiger partial charge in [0, 0.05) is 35.8 Å². The predicted molar refractivity (Wildman–Crippen MR) is 120 cm³/mol. The summed E-state index contributed by atoms with van der Waals surface area (Å²) in [6.07, 6.45) is 1.78. The number of nitrogens with zero attached hydrogens (tertiary/aromatic N) is 2. The Labute approximate surface area is 177 Å². The largest absolute Gasteiger partial charge is 0.357 e. The normalized spacial score (nSPS) is 16.5. The van der Waals surface area contributed by atoms with Crippen molar-refractivity contribution < 1.29 is 4.79 Å². The number of thioether (sulfide) groups is 1. The number of carbonyl (C=O) groups excluding carboxylic acids is 1. The van der Waals surface area contributed by atoms with Crippen LogP contribution >= 0.6 is 35.7 Å². The lowest BCUT2D eigenvalue weighted by Gasteiger charge is -2.32. The highest BCUT2D eigenvalue weighted by atomic mass is 127. The molecule has 1 aromatic rings. The van der Waals surface area contributed by atoms with E-state index in [0.717, 1.165) is 31.9 Å². The van der Waals surface area contributed by atoms with Crippen molar-refractivity contribution in [2.75, 3.05) is 26.2 Å². The number of carbonyl (C=O) groups is 1. The van der Waals surface area contributed by atoms with Gasteiger partial charge in [0.05, 0.1) is 6.54 Å². The molecule has 26 heavy (non-hydrogen) atoms. The lowest BCUT2D eigenvalue weighted by Crippen LogP contribution is -2.50. The van der Waals surface area contributed by atoms with Crippen molar-refractivity contribution in [3.63, 3.8) is 0 Å². The SMILES string of the molecule is CCNC(=NCC(C)Sc1ccccc1)NC1CCN(C(N)=O)CC1.I. The van der Waals surface area contributed by atoms with Gasteiger partial charge in [-0.1, -0.05) is 25.1 Å². The molecule has 0 spiro atoms. The summed E-state index contributed by atoms with van der Waals surface area (Å²) >= 11 is 1.83. The van der Waals surface area contributed by atoms with Crippen molar-refractivity contribution in [1.29, 1.82) is 0 Å². The van der Waals surface area contributed by atoms with E-state index >= 15 is 0 Å². The molecule has 2 amide bonds. The van der Waals surface area contributed by atoms with E-state index in [1.807, 2.05) is 17.8 Å². The maximum absolute atomic E-state index is 11.2. The van der Waals surface area contributed by atoms with Crippen LogP contribution in [0.2, 0.25) is 0 Å². The number of hydrogen-bond donors (Lipinski definition) is 3. The number of primary amides is 1. The minimum Gasteiger partial charge on any atom is -0.357 e. The summed E-state index contributed by atoms with van der Waals surface area (Å²) < 4.78 is 0. The van der Waals surface area contributed by atoms with Crippen molar-refractivity contribution in [3.05, 3.63) is 30.3 Å². The molecule has 0 saturated carbocycles. The zero-order valence-corrected chi connectivity index (χ0v) is 18.6. The van der Waals surface area contributed by atoms with Gasteiger partial charge in [-0.25, -0.2) is 4.79 Å². The van der Waals surface area contributed by atoms with Gasteiger partial charge in [0.2, 0.25) is 0 Å². The fraction of sp³-hybridized carbons (Fsp3) is 0.556. The maximum Gasteiger partial charge on any atom is 0.314 e. The van der Waals surface area contributed by atoms with Gasteiger partial charge in [-0.2, -0.15) is 0 Å². The van der Waals surface area contributed by atoms with Gasteiger partial charge in [-0.3, -0.25) is 4.99 Å². The number of rotatable bonds is 6. The molecule has 1 aliphatic rings. The molecule has 0 radical (unpaired) electrons. The number of guanidine groups is 1. The second-order valence-electron chi connectivity index (χ2n) is 6.21. The van der Waals surface area contributed by atoms with Gasteiger partial charge in [-0.05, 0) is 31.9 Å². The summed E-state index contributed by atoms with van der Waals surface area (Å²) in [5.74, 6) is 0.848. The van der Waals surface area contributed by atoms with E-state index < -0.39 is 0 Å². The second-order valence-corrected chi connectivity index (χ2v) is 7.72. The van der Waals surface area contributed by atoms with Crippen LogP contribution < -0.4 is 16.4 Å². The van der Waals surface area contributed by atoms with E-state index in [9.17, 15) is 4.79 Å². The fourth-order valence-electron chi connectivity index (χ4n) is 2.75. The van der Waals surface area contributed by atoms with Crippen molar-refractivity contribution in [1.82, 2.24) is 15.5 Å². The van der Waals surface area contributed by atoms with Crippen molar-refractivity contribution in [3.8, 4) is 0 Å². The minimum absolute atomic E-state index is 0. The molecule has 1 atom stereocenters. The summed E-state index contributed by atoms with van der Waals surface area (Å²) in [5.41, 5.74) is 5.33. The van der Waals surface area contributed by atoms with Gasteiger partial charge in [0.1, 0.15) is 0 Å². The summed E-state index contributed by atoms with van der Waals surface area (Å²) in [6, 6.07) is 10.4. The van der Waals surface area contributed by atoms with E-state index in [0.29, 0.717) is 24.4 Å². The summed E-state index contributed by atoms with van der Waals surface area (Å²) in [6.45, 7) is 7.23. The Bertz CT molecular complexity index is 564. The molecule has 1 aliphatic heterocycles. The zero-order chi connectivity index (χ0) is 18.1. The van der Waals surface area contributed by atoms with Gasteiger partial charge in [-0.15, -0.1) is 35.7 Å². The van der Waals surface area contributed by atoms with Crippen LogP contribution in [0.3, 0.4) is 0 Å².